The van der Waals surface area contributed by atoms with Crippen LogP contribution in [-0.2, 0) is 17.9 Å². The number of aromatic nitrogens is 2. The molecule has 1 aromatic heterocycles. The summed E-state index contributed by atoms with van der Waals surface area (Å²) in [5, 5.41) is 26.1. The molecule has 0 radical (unpaired) electrons. The molecular formula is C35H43IN6O5. The number of hydrogen-bond donors (Lipinski definition) is 3. The number of piperidine rings is 2. The van der Waals surface area contributed by atoms with Crippen LogP contribution in [0.5, 0.6) is 11.8 Å². The third kappa shape index (κ3) is 7.00. The lowest BCUT2D eigenvalue weighted by Gasteiger charge is -2.38. The maximum atomic E-state index is 14.1. The molecule has 4 heterocycles. The van der Waals surface area contributed by atoms with Gasteiger partial charge < -0.3 is 35.0 Å². The summed E-state index contributed by atoms with van der Waals surface area (Å²) in [5.74, 6) is 0.636. The molecule has 1 saturated carbocycles. The van der Waals surface area contributed by atoms with E-state index >= 15 is 0 Å². The number of carbonyl (C=O) groups is 2. The van der Waals surface area contributed by atoms with E-state index in [-0.39, 0.29) is 29.0 Å². The molecule has 2 saturated heterocycles. The van der Waals surface area contributed by atoms with E-state index in [1.54, 1.807) is 24.0 Å². The van der Waals surface area contributed by atoms with E-state index in [1.807, 2.05) is 25.1 Å². The molecule has 1 atom stereocenters. The van der Waals surface area contributed by atoms with E-state index in [0.717, 1.165) is 96.1 Å². The Kier molecular flexibility index (Phi) is 8.71. The zero-order chi connectivity index (χ0) is 32.9. The summed E-state index contributed by atoms with van der Waals surface area (Å²) in [6.07, 6.45) is 5.65. The first kappa shape index (κ1) is 32.3. The molecule has 3 N–H and O–H groups in total. The lowest BCUT2D eigenvalue weighted by Crippen LogP contribution is -2.47. The van der Waals surface area contributed by atoms with Gasteiger partial charge >= 0.3 is 6.01 Å². The summed E-state index contributed by atoms with van der Waals surface area (Å²) >= 11 is 2.24. The van der Waals surface area contributed by atoms with Crippen LogP contribution in [0.25, 0.3) is 10.8 Å². The van der Waals surface area contributed by atoms with Crippen molar-refractivity contribution >= 4 is 51.0 Å². The van der Waals surface area contributed by atoms with Gasteiger partial charge in [-0.05, 0) is 91.6 Å². The number of ether oxygens (including phenoxy) is 1. The van der Waals surface area contributed by atoms with Crippen molar-refractivity contribution in [3.63, 3.8) is 0 Å². The number of halogens is 1. The third-order valence-electron chi connectivity index (χ3n) is 10.2. The van der Waals surface area contributed by atoms with Gasteiger partial charge in [-0.3, -0.25) is 9.59 Å². The number of phenols is 1. The minimum Gasteiger partial charge on any atom is -0.508 e. The van der Waals surface area contributed by atoms with E-state index in [9.17, 15) is 19.8 Å². The average molecular weight is 755 g/mol. The zero-order valence-corrected chi connectivity index (χ0v) is 29.3. The van der Waals surface area contributed by atoms with Gasteiger partial charge in [0.05, 0.1) is 36.6 Å². The van der Waals surface area contributed by atoms with E-state index in [4.69, 9.17) is 14.7 Å². The van der Waals surface area contributed by atoms with E-state index < -0.39 is 5.60 Å². The van der Waals surface area contributed by atoms with Crippen molar-refractivity contribution in [1.82, 2.24) is 25.1 Å². The Hall–Kier alpha value is -3.23. The molecule has 3 aromatic rings. The van der Waals surface area contributed by atoms with Crippen molar-refractivity contribution in [3.05, 3.63) is 50.7 Å². The van der Waals surface area contributed by atoms with Crippen LogP contribution in [0.15, 0.2) is 30.3 Å². The highest BCUT2D eigenvalue weighted by atomic mass is 127. The lowest BCUT2D eigenvalue weighted by atomic mass is 9.95. The molecular weight excluding hydrogens is 711 g/mol. The Balaban J connectivity index is 1.11. The average Bonchev–Trinajstić information content (AvgIpc) is 3.65. The number of nitrogens with one attached hydrogen (secondary N) is 1. The normalized spacial score (nSPS) is 22.7. The number of aromatic hydroxyl groups is 1. The highest BCUT2D eigenvalue weighted by molar-refractivity contribution is 14.1. The number of anilines is 1. The van der Waals surface area contributed by atoms with Crippen LogP contribution in [0, 0.1) is 8.99 Å². The van der Waals surface area contributed by atoms with Crippen molar-refractivity contribution in [2.24, 2.45) is 5.41 Å². The molecule has 12 heteroatoms. The second-order valence-electron chi connectivity index (χ2n) is 14.3. The summed E-state index contributed by atoms with van der Waals surface area (Å²) in [5.41, 5.74) is 1.32. The highest BCUT2D eigenvalue weighted by Crippen LogP contribution is 2.47. The van der Waals surface area contributed by atoms with Crippen molar-refractivity contribution in [3.8, 4) is 11.8 Å². The van der Waals surface area contributed by atoms with Crippen molar-refractivity contribution < 1.29 is 24.5 Å². The maximum Gasteiger partial charge on any atom is 0.318 e. The number of benzene rings is 2. The Morgan fingerprint density at radius 3 is 2.62 bits per heavy atom. The molecule has 11 nitrogen and oxygen atoms in total. The van der Waals surface area contributed by atoms with Crippen molar-refractivity contribution in [1.29, 1.82) is 0 Å². The summed E-state index contributed by atoms with van der Waals surface area (Å²) in [6.45, 7) is 8.65. The molecule has 0 unspecified atom stereocenters. The van der Waals surface area contributed by atoms with Crippen LogP contribution < -0.4 is 15.0 Å². The molecule has 1 aliphatic carbocycles. The zero-order valence-electron chi connectivity index (χ0n) is 27.1. The third-order valence-corrected chi connectivity index (χ3v) is 11.1. The molecule has 2 aromatic carbocycles. The Bertz CT molecular complexity index is 1700. The number of fused-ring (bicyclic) bond motifs is 2. The van der Waals surface area contributed by atoms with Crippen LogP contribution >= 0.6 is 22.6 Å². The molecule has 4 aliphatic rings. The van der Waals surface area contributed by atoms with Gasteiger partial charge in [0, 0.05) is 65.6 Å². The minimum absolute atomic E-state index is 0.0347. The van der Waals surface area contributed by atoms with Crippen LogP contribution in [0.4, 0.5) is 5.82 Å². The van der Waals surface area contributed by atoms with Gasteiger partial charge in [0.2, 0.25) is 5.91 Å². The second-order valence-corrected chi connectivity index (χ2v) is 15.5. The van der Waals surface area contributed by atoms with Crippen molar-refractivity contribution in [2.75, 3.05) is 44.2 Å². The second kappa shape index (κ2) is 12.7. The smallest absolute Gasteiger partial charge is 0.318 e. The number of amides is 2. The molecule has 3 fully saturated rings. The molecule has 0 spiro atoms. The number of hydrogen-bond acceptors (Lipinski definition) is 9. The van der Waals surface area contributed by atoms with Crippen LogP contribution in [-0.4, -0.2) is 92.8 Å². The van der Waals surface area contributed by atoms with Gasteiger partial charge in [0.1, 0.15) is 11.6 Å². The summed E-state index contributed by atoms with van der Waals surface area (Å²) in [6, 6.07) is 9.59. The minimum atomic E-state index is -0.839. The predicted molar refractivity (Wildman–Crippen MR) is 186 cm³/mol. The van der Waals surface area contributed by atoms with Crippen LogP contribution in [0.1, 0.15) is 74.0 Å². The standard InChI is InChI=1S/C35H43IN6O5/c1-22(43)37-24-7-13-40(14-8-24)20-35(10-11-35)21-47-33-38-29-18-42(17-27(29)31(39-33)41-12-4-9-34(2,46)19-41)32(45)26-16-25(44)15-23-5-3-6-28(36)30(23)26/h3,5-6,15-16,24,44,46H,4,7-14,17-21H2,1-2H3,(H,37,43)/t34-/m1/s1. The fraction of sp³-hybridized carbons (Fsp3) is 0.543. The molecule has 3 aliphatic heterocycles. The SMILES string of the molecule is CC(=O)NC1CCN(CC2(COc3nc4c(c(N5CCC[C@@](C)(O)C5)n3)CN(C(=O)c3cc(O)cc5cccc(I)c35)C4)CC2)CC1. The van der Waals surface area contributed by atoms with E-state index in [0.29, 0.717) is 37.8 Å². The quantitative estimate of drug-likeness (QED) is 0.290. The summed E-state index contributed by atoms with van der Waals surface area (Å²) < 4.78 is 7.34. The highest BCUT2D eigenvalue weighted by Gasteiger charge is 2.46. The molecule has 2 amide bonds. The molecule has 7 rings (SSSR count). The van der Waals surface area contributed by atoms with Gasteiger partial charge in [-0.2, -0.15) is 9.97 Å². The Morgan fingerprint density at radius 1 is 1.11 bits per heavy atom. The lowest BCUT2D eigenvalue weighted by molar-refractivity contribution is -0.120. The number of rotatable bonds is 8. The van der Waals surface area contributed by atoms with Crippen LogP contribution in [0.2, 0.25) is 0 Å². The topological polar surface area (TPSA) is 131 Å². The molecule has 0 bridgehead atoms. The number of likely N-dealkylation sites (tertiary alicyclic amines) is 1. The van der Waals surface area contributed by atoms with E-state index in [1.165, 1.54) is 0 Å². The van der Waals surface area contributed by atoms with E-state index in [2.05, 4.69) is 37.7 Å². The predicted octanol–water partition coefficient (Wildman–Crippen LogP) is 4.21. The fourth-order valence-electron chi connectivity index (χ4n) is 7.53. The first-order chi connectivity index (χ1) is 22.5. The number of phenolic OH excluding ortho intramolecular Hbond substituents is 1. The van der Waals surface area contributed by atoms with Gasteiger partial charge in [0.25, 0.3) is 5.91 Å². The van der Waals surface area contributed by atoms with Crippen LogP contribution in [0.3, 0.4) is 0 Å². The number of carbonyl (C=O) groups excluding carboxylic acids is 2. The largest absolute Gasteiger partial charge is 0.508 e. The Labute approximate surface area is 288 Å². The number of β-amino-alcohol motifs (C(OH)–C–C–N with tert-alkyl or cyclic N) is 1. The summed E-state index contributed by atoms with van der Waals surface area (Å²) in [7, 11) is 0. The molecule has 250 valence electrons. The van der Waals surface area contributed by atoms with Gasteiger partial charge in [-0.25, -0.2) is 0 Å². The maximum absolute atomic E-state index is 14.1. The monoisotopic (exact) mass is 754 g/mol. The molecule has 47 heavy (non-hydrogen) atoms. The first-order valence-corrected chi connectivity index (χ1v) is 17.8. The van der Waals surface area contributed by atoms with Gasteiger partial charge in [-0.1, -0.05) is 12.1 Å². The van der Waals surface area contributed by atoms with Gasteiger partial charge in [0.15, 0.2) is 0 Å². The van der Waals surface area contributed by atoms with Crippen molar-refractivity contribution in [2.45, 2.75) is 77.1 Å². The first-order valence-electron chi connectivity index (χ1n) is 16.7. The number of nitrogens with zero attached hydrogens (tertiary/aromatic N) is 5. The Morgan fingerprint density at radius 2 is 1.89 bits per heavy atom. The number of aliphatic hydroxyl groups is 1. The fourth-order valence-corrected chi connectivity index (χ4v) is 8.34. The summed E-state index contributed by atoms with van der Waals surface area (Å²) in [4.78, 5) is 41.7. The van der Waals surface area contributed by atoms with Gasteiger partial charge in [-0.15, -0.1) is 0 Å².